The van der Waals surface area contributed by atoms with Gasteiger partial charge in [-0.3, -0.25) is 4.90 Å². The summed E-state index contributed by atoms with van der Waals surface area (Å²) in [6, 6.07) is 5.99. The van der Waals surface area contributed by atoms with Crippen LogP contribution in [0.15, 0.2) is 18.2 Å². The third-order valence-corrected chi connectivity index (χ3v) is 3.84. The Labute approximate surface area is 129 Å². The fraction of sp³-hybridized carbons (Fsp3) is 0.667. The van der Waals surface area contributed by atoms with Gasteiger partial charge in [-0.05, 0) is 50.6 Å². The molecule has 21 heavy (non-hydrogen) atoms. The first-order valence-electron chi connectivity index (χ1n) is 8.19. The number of hydrogen-bond donors (Lipinski definition) is 1. The van der Waals surface area contributed by atoms with Crippen LogP contribution in [0, 0.1) is 0 Å². The second kappa shape index (κ2) is 9.80. The average molecular weight is 293 g/mol. The van der Waals surface area contributed by atoms with Crippen LogP contribution in [0.4, 0.5) is 0 Å². The van der Waals surface area contributed by atoms with Crippen molar-refractivity contribution in [1.82, 2.24) is 4.90 Å². The van der Waals surface area contributed by atoms with E-state index in [9.17, 15) is 5.11 Å². The van der Waals surface area contributed by atoms with Gasteiger partial charge < -0.3 is 9.84 Å². The SMILES string of the molecule is CCCCN(CCCC)Cc1cc(C(C)O)ccc1OC. The quantitative estimate of drug-likeness (QED) is 0.703. The van der Waals surface area contributed by atoms with Gasteiger partial charge in [0.1, 0.15) is 5.75 Å². The van der Waals surface area contributed by atoms with E-state index < -0.39 is 6.10 Å². The van der Waals surface area contributed by atoms with Crippen molar-refractivity contribution in [2.75, 3.05) is 20.2 Å². The van der Waals surface area contributed by atoms with Crippen LogP contribution in [0.1, 0.15) is 63.7 Å². The Kier molecular flexibility index (Phi) is 8.40. The fourth-order valence-electron chi connectivity index (χ4n) is 2.46. The number of hydrogen-bond acceptors (Lipinski definition) is 3. The van der Waals surface area contributed by atoms with E-state index in [-0.39, 0.29) is 0 Å². The first kappa shape index (κ1) is 18.0. The van der Waals surface area contributed by atoms with Gasteiger partial charge in [0.15, 0.2) is 0 Å². The van der Waals surface area contributed by atoms with Crippen molar-refractivity contribution in [3.63, 3.8) is 0 Å². The van der Waals surface area contributed by atoms with Crippen LogP contribution in [0.5, 0.6) is 5.75 Å². The van der Waals surface area contributed by atoms with Crippen LogP contribution in [0.3, 0.4) is 0 Å². The molecule has 120 valence electrons. The maximum Gasteiger partial charge on any atom is 0.123 e. The summed E-state index contributed by atoms with van der Waals surface area (Å²) in [6.07, 6.45) is 4.44. The number of unbranched alkanes of at least 4 members (excludes halogenated alkanes) is 2. The van der Waals surface area contributed by atoms with Gasteiger partial charge in [0.05, 0.1) is 13.2 Å². The highest BCUT2D eigenvalue weighted by Crippen LogP contribution is 2.25. The highest BCUT2D eigenvalue weighted by atomic mass is 16.5. The molecule has 0 spiro atoms. The standard InChI is InChI=1S/C18H31NO2/c1-5-7-11-19(12-8-6-2)14-17-13-16(15(3)20)9-10-18(17)21-4/h9-10,13,15,20H,5-8,11-12,14H2,1-4H3. The van der Waals surface area contributed by atoms with Crippen molar-refractivity contribution < 1.29 is 9.84 Å². The number of aliphatic hydroxyl groups is 1. The molecule has 1 N–H and O–H groups in total. The minimum absolute atomic E-state index is 0.436. The van der Waals surface area contributed by atoms with Crippen LogP contribution < -0.4 is 4.74 Å². The summed E-state index contributed by atoms with van der Waals surface area (Å²) in [5.41, 5.74) is 2.12. The molecule has 0 amide bonds. The zero-order chi connectivity index (χ0) is 15.7. The lowest BCUT2D eigenvalue weighted by Crippen LogP contribution is -2.26. The second-order valence-electron chi connectivity index (χ2n) is 5.73. The smallest absolute Gasteiger partial charge is 0.123 e. The van der Waals surface area contributed by atoms with Crippen molar-refractivity contribution in [3.8, 4) is 5.75 Å². The Hall–Kier alpha value is -1.06. The average Bonchev–Trinajstić information content (AvgIpc) is 2.49. The van der Waals surface area contributed by atoms with Gasteiger partial charge in [0, 0.05) is 12.1 Å². The summed E-state index contributed by atoms with van der Waals surface area (Å²) >= 11 is 0. The van der Waals surface area contributed by atoms with Crippen molar-refractivity contribution in [3.05, 3.63) is 29.3 Å². The molecule has 0 radical (unpaired) electrons. The molecule has 3 nitrogen and oxygen atoms in total. The summed E-state index contributed by atoms with van der Waals surface area (Å²) < 4.78 is 5.48. The minimum atomic E-state index is -0.436. The minimum Gasteiger partial charge on any atom is -0.496 e. The molecule has 0 aliphatic carbocycles. The van der Waals surface area contributed by atoms with E-state index >= 15 is 0 Å². The van der Waals surface area contributed by atoms with Crippen molar-refractivity contribution >= 4 is 0 Å². The molecule has 3 heteroatoms. The molecule has 0 aromatic heterocycles. The van der Waals surface area contributed by atoms with Crippen molar-refractivity contribution in [1.29, 1.82) is 0 Å². The summed E-state index contributed by atoms with van der Waals surface area (Å²) in [7, 11) is 1.71. The third-order valence-electron chi connectivity index (χ3n) is 3.84. The first-order valence-corrected chi connectivity index (χ1v) is 8.19. The number of aliphatic hydroxyl groups excluding tert-OH is 1. The van der Waals surface area contributed by atoms with E-state index in [1.54, 1.807) is 14.0 Å². The van der Waals surface area contributed by atoms with Gasteiger partial charge in [-0.25, -0.2) is 0 Å². The maximum absolute atomic E-state index is 9.77. The molecule has 0 saturated heterocycles. The summed E-state index contributed by atoms with van der Waals surface area (Å²) in [4.78, 5) is 2.50. The number of rotatable bonds is 10. The fourth-order valence-corrected chi connectivity index (χ4v) is 2.46. The van der Waals surface area contributed by atoms with Crippen LogP contribution in [0.25, 0.3) is 0 Å². The van der Waals surface area contributed by atoms with Crippen LogP contribution in [-0.4, -0.2) is 30.2 Å². The predicted molar refractivity (Wildman–Crippen MR) is 88.7 cm³/mol. The van der Waals surface area contributed by atoms with Crippen molar-refractivity contribution in [2.24, 2.45) is 0 Å². The van der Waals surface area contributed by atoms with Crippen LogP contribution >= 0.6 is 0 Å². The third kappa shape index (κ3) is 6.06. The summed E-state index contributed by atoms with van der Waals surface area (Å²) in [5.74, 6) is 0.914. The molecule has 0 heterocycles. The Bertz CT molecular complexity index is 396. The van der Waals surface area contributed by atoms with Gasteiger partial charge >= 0.3 is 0 Å². The Morgan fingerprint density at radius 3 is 2.24 bits per heavy atom. The second-order valence-corrected chi connectivity index (χ2v) is 5.73. The van der Waals surface area contributed by atoms with Crippen LogP contribution in [0.2, 0.25) is 0 Å². The normalized spacial score (nSPS) is 12.7. The number of benzene rings is 1. The van der Waals surface area contributed by atoms with Gasteiger partial charge in [-0.15, -0.1) is 0 Å². The van der Waals surface area contributed by atoms with Crippen molar-refractivity contribution in [2.45, 2.75) is 59.1 Å². The monoisotopic (exact) mass is 293 g/mol. The highest BCUT2D eigenvalue weighted by molar-refractivity contribution is 5.38. The number of nitrogens with zero attached hydrogens (tertiary/aromatic N) is 1. The predicted octanol–water partition coefficient (Wildman–Crippen LogP) is 4.15. The van der Waals surface area contributed by atoms with E-state index in [2.05, 4.69) is 24.8 Å². The molecule has 0 saturated carbocycles. The largest absolute Gasteiger partial charge is 0.496 e. The van der Waals surface area contributed by atoms with Gasteiger partial charge in [-0.1, -0.05) is 32.8 Å². The summed E-state index contributed by atoms with van der Waals surface area (Å²) in [5, 5.41) is 9.77. The Morgan fingerprint density at radius 1 is 1.14 bits per heavy atom. The van der Waals surface area contributed by atoms with Crippen LogP contribution in [-0.2, 0) is 6.54 Å². The zero-order valence-electron chi connectivity index (χ0n) is 14.1. The maximum atomic E-state index is 9.77. The van der Waals surface area contributed by atoms with Gasteiger partial charge in [0.25, 0.3) is 0 Å². The molecule has 0 bridgehead atoms. The van der Waals surface area contributed by atoms with E-state index in [4.69, 9.17) is 4.74 Å². The lowest BCUT2D eigenvalue weighted by atomic mass is 10.1. The highest BCUT2D eigenvalue weighted by Gasteiger charge is 2.12. The first-order chi connectivity index (χ1) is 10.1. The molecule has 0 aliphatic rings. The topological polar surface area (TPSA) is 32.7 Å². The molecular formula is C18H31NO2. The Balaban J connectivity index is 2.85. The molecule has 1 aromatic rings. The van der Waals surface area contributed by atoms with Gasteiger partial charge in [-0.2, -0.15) is 0 Å². The number of methoxy groups -OCH3 is 1. The lowest BCUT2D eigenvalue weighted by molar-refractivity contribution is 0.198. The van der Waals surface area contributed by atoms with Gasteiger partial charge in [0.2, 0.25) is 0 Å². The molecule has 0 fully saturated rings. The molecule has 1 unspecified atom stereocenters. The van der Waals surface area contributed by atoms with E-state index in [0.717, 1.165) is 30.9 Å². The molecule has 1 aromatic carbocycles. The van der Waals surface area contributed by atoms with E-state index in [0.29, 0.717) is 0 Å². The van der Waals surface area contributed by atoms with E-state index in [1.807, 2.05) is 12.1 Å². The molecule has 0 aliphatic heterocycles. The summed E-state index contributed by atoms with van der Waals surface area (Å²) in [6.45, 7) is 9.40. The molecule has 1 atom stereocenters. The lowest BCUT2D eigenvalue weighted by Gasteiger charge is -2.23. The van der Waals surface area contributed by atoms with E-state index in [1.165, 1.54) is 31.2 Å². The molecule has 1 rings (SSSR count). The Morgan fingerprint density at radius 2 is 1.76 bits per heavy atom. The zero-order valence-corrected chi connectivity index (χ0v) is 14.1. The molecular weight excluding hydrogens is 262 g/mol. The number of ether oxygens (including phenoxy) is 1.